The number of hydrogen-bond donors (Lipinski definition) is 3. The lowest BCUT2D eigenvalue weighted by atomic mass is 10.3. The van der Waals surface area contributed by atoms with Gasteiger partial charge in [-0.3, -0.25) is 14.8 Å². The molecule has 122 valence electrons. The number of rotatable bonds is 7. The van der Waals surface area contributed by atoms with Crippen LogP contribution in [-0.2, 0) is 6.54 Å². The van der Waals surface area contributed by atoms with Crippen molar-refractivity contribution in [3.05, 3.63) is 54.6 Å². The minimum Gasteiger partial charge on any atom is -0.355 e. The molecule has 0 unspecified atom stereocenters. The van der Waals surface area contributed by atoms with Crippen molar-refractivity contribution in [3.8, 4) is 0 Å². The van der Waals surface area contributed by atoms with Crippen molar-refractivity contribution >= 4 is 11.9 Å². The first kappa shape index (κ1) is 16.5. The maximum absolute atomic E-state index is 11.8. The highest BCUT2D eigenvalue weighted by Crippen LogP contribution is 1.94. The van der Waals surface area contributed by atoms with Crippen LogP contribution in [0.4, 0.5) is 0 Å². The lowest BCUT2D eigenvalue weighted by molar-refractivity contribution is 0.0954. The van der Waals surface area contributed by atoms with Crippen LogP contribution in [0.3, 0.4) is 0 Å². The minimum absolute atomic E-state index is 0.129. The molecule has 0 aliphatic rings. The third-order valence-electron chi connectivity index (χ3n) is 3.18. The molecule has 23 heavy (non-hydrogen) atoms. The third-order valence-corrected chi connectivity index (χ3v) is 3.18. The molecule has 0 fully saturated rings. The zero-order valence-corrected chi connectivity index (χ0v) is 13.2. The van der Waals surface area contributed by atoms with Gasteiger partial charge in [-0.25, -0.2) is 0 Å². The molecular weight excluding hydrogens is 292 g/mol. The number of nitrogens with one attached hydrogen (secondary N) is 3. The number of guanidine groups is 1. The van der Waals surface area contributed by atoms with E-state index in [2.05, 4.69) is 30.5 Å². The molecular formula is C16H22N6O. The Balaban J connectivity index is 1.61. The van der Waals surface area contributed by atoms with E-state index in [0.29, 0.717) is 24.6 Å². The first-order valence-electron chi connectivity index (χ1n) is 7.53. The Hall–Kier alpha value is -2.83. The van der Waals surface area contributed by atoms with Gasteiger partial charge in [-0.1, -0.05) is 0 Å². The molecule has 0 atom stereocenters. The second-order valence-electron chi connectivity index (χ2n) is 4.84. The van der Waals surface area contributed by atoms with E-state index in [1.165, 1.54) is 0 Å². The second kappa shape index (κ2) is 9.24. The topological polar surface area (TPSA) is 83.3 Å². The number of aromatic nitrogens is 2. The normalized spacial score (nSPS) is 11.1. The Bertz CT molecular complexity index is 609. The van der Waals surface area contributed by atoms with Gasteiger partial charge in [-0.2, -0.15) is 0 Å². The first-order chi connectivity index (χ1) is 11.3. The van der Waals surface area contributed by atoms with E-state index in [4.69, 9.17) is 0 Å². The van der Waals surface area contributed by atoms with Crippen molar-refractivity contribution in [3.63, 3.8) is 0 Å². The molecule has 7 nitrogen and oxygen atoms in total. The molecule has 0 aromatic carbocycles. The molecule has 0 spiro atoms. The van der Waals surface area contributed by atoms with Crippen LogP contribution < -0.4 is 16.0 Å². The summed E-state index contributed by atoms with van der Waals surface area (Å²) in [4.78, 5) is 19.9. The van der Waals surface area contributed by atoms with Gasteiger partial charge in [-0.05, 0) is 24.3 Å². The monoisotopic (exact) mass is 314 g/mol. The Morgan fingerprint density at radius 1 is 1.13 bits per heavy atom. The fourth-order valence-electron chi connectivity index (χ4n) is 2.00. The molecule has 2 heterocycles. The van der Waals surface area contributed by atoms with Crippen molar-refractivity contribution in [1.29, 1.82) is 0 Å². The number of aliphatic imine (C=N–C) groups is 1. The molecule has 0 saturated carbocycles. The van der Waals surface area contributed by atoms with E-state index in [0.717, 1.165) is 13.1 Å². The molecule has 0 aliphatic carbocycles. The van der Waals surface area contributed by atoms with Crippen molar-refractivity contribution in [1.82, 2.24) is 25.5 Å². The Morgan fingerprint density at radius 3 is 2.57 bits per heavy atom. The quantitative estimate of drug-likeness (QED) is 0.394. The summed E-state index contributed by atoms with van der Waals surface area (Å²) >= 11 is 0. The van der Waals surface area contributed by atoms with Crippen LogP contribution in [0.5, 0.6) is 0 Å². The van der Waals surface area contributed by atoms with Crippen LogP contribution in [0.15, 0.2) is 54.0 Å². The molecule has 0 saturated heterocycles. The fourth-order valence-corrected chi connectivity index (χ4v) is 2.00. The van der Waals surface area contributed by atoms with E-state index in [-0.39, 0.29) is 5.91 Å². The van der Waals surface area contributed by atoms with Gasteiger partial charge in [0.2, 0.25) is 0 Å². The van der Waals surface area contributed by atoms with Crippen LogP contribution in [0.25, 0.3) is 0 Å². The number of carbonyl (C=O) groups excluding carboxylic acids is 1. The molecule has 0 radical (unpaired) electrons. The van der Waals surface area contributed by atoms with Crippen molar-refractivity contribution in [2.75, 3.05) is 26.7 Å². The van der Waals surface area contributed by atoms with Crippen molar-refractivity contribution in [2.24, 2.45) is 4.99 Å². The molecule has 2 aromatic heterocycles. The highest BCUT2D eigenvalue weighted by atomic mass is 16.1. The van der Waals surface area contributed by atoms with Crippen molar-refractivity contribution in [2.45, 2.75) is 6.54 Å². The van der Waals surface area contributed by atoms with Crippen LogP contribution in [-0.4, -0.2) is 48.1 Å². The zero-order chi connectivity index (χ0) is 16.3. The summed E-state index contributed by atoms with van der Waals surface area (Å²) in [7, 11) is 1.72. The number of amides is 1. The molecule has 2 aromatic rings. The predicted octanol–water partition coefficient (Wildman–Crippen LogP) is 0.478. The highest BCUT2D eigenvalue weighted by molar-refractivity contribution is 5.93. The van der Waals surface area contributed by atoms with Crippen molar-refractivity contribution < 1.29 is 4.79 Å². The maximum Gasteiger partial charge on any atom is 0.252 e. The molecule has 7 heteroatoms. The number of carbonyl (C=O) groups is 1. The lowest BCUT2D eigenvalue weighted by Crippen LogP contribution is -2.42. The summed E-state index contributed by atoms with van der Waals surface area (Å²) < 4.78 is 2.09. The summed E-state index contributed by atoms with van der Waals surface area (Å²) in [6.07, 6.45) is 7.23. The molecule has 0 bridgehead atoms. The van der Waals surface area contributed by atoms with Gasteiger partial charge in [0.05, 0.1) is 5.56 Å². The minimum atomic E-state index is -0.129. The van der Waals surface area contributed by atoms with Gasteiger partial charge < -0.3 is 20.5 Å². The fraction of sp³-hybridized carbons (Fsp3) is 0.312. The van der Waals surface area contributed by atoms with Gasteiger partial charge in [0.1, 0.15) is 0 Å². The van der Waals surface area contributed by atoms with Gasteiger partial charge in [0, 0.05) is 58.0 Å². The number of hydrogen-bond acceptors (Lipinski definition) is 3. The summed E-state index contributed by atoms with van der Waals surface area (Å²) in [6, 6.07) is 7.47. The van der Waals surface area contributed by atoms with Gasteiger partial charge in [0.15, 0.2) is 5.96 Å². The van der Waals surface area contributed by atoms with E-state index in [1.54, 1.807) is 31.6 Å². The summed E-state index contributed by atoms with van der Waals surface area (Å²) in [5, 5.41) is 9.21. The lowest BCUT2D eigenvalue weighted by Gasteiger charge is -2.12. The molecule has 2 rings (SSSR count). The Labute approximate surface area is 135 Å². The summed E-state index contributed by atoms with van der Waals surface area (Å²) in [6.45, 7) is 2.74. The highest BCUT2D eigenvalue weighted by Gasteiger charge is 2.03. The summed E-state index contributed by atoms with van der Waals surface area (Å²) in [5.74, 6) is 0.586. The average molecular weight is 314 g/mol. The Morgan fingerprint density at radius 2 is 1.87 bits per heavy atom. The molecule has 1 amide bonds. The SMILES string of the molecule is CN=C(NCCNC(=O)c1cccnc1)NCCn1cccc1. The van der Waals surface area contributed by atoms with Gasteiger partial charge in [-0.15, -0.1) is 0 Å². The number of pyridine rings is 1. The third kappa shape index (κ3) is 5.82. The van der Waals surface area contributed by atoms with Crippen LogP contribution in [0.2, 0.25) is 0 Å². The average Bonchev–Trinajstić information content (AvgIpc) is 3.11. The van der Waals surface area contributed by atoms with Gasteiger partial charge >= 0.3 is 0 Å². The van der Waals surface area contributed by atoms with E-state index in [9.17, 15) is 4.79 Å². The molecule has 0 aliphatic heterocycles. The van der Waals surface area contributed by atoms with Crippen LogP contribution >= 0.6 is 0 Å². The maximum atomic E-state index is 11.8. The second-order valence-corrected chi connectivity index (χ2v) is 4.84. The Kier molecular flexibility index (Phi) is 6.65. The van der Waals surface area contributed by atoms with E-state index >= 15 is 0 Å². The zero-order valence-electron chi connectivity index (χ0n) is 13.2. The number of nitrogens with zero attached hydrogens (tertiary/aromatic N) is 3. The first-order valence-corrected chi connectivity index (χ1v) is 7.53. The van der Waals surface area contributed by atoms with Crippen LogP contribution in [0.1, 0.15) is 10.4 Å². The standard InChI is InChI=1S/C16H22N6O/c1-17-16(21-9-12-22-10-2-3-11-22)20-8-7-19-15(23)14-5-4-6-18-13-14/h2-6,10-11,13H,7-9,12H2,1H3,(H,19,23)(H2,17,20,21). The largest absolute Gasteiger partial charge is 0.355 e. The van der Waals surface area contributed by atoms with E-state index < -0.39 is 0 Å². The van der Waals surface area contributed by atoms with Crippen LogP contribution in [0, 0.1) is 0 Å². The van der Waals surface area contributed by atoms with Gasteiger partial charge in [0.25, 0.3) is 5.91 Å². The predicted molar refractivity (Wildman–Crippen MR) is 90.4 cm³/mol. The molecule has 3 N–H and O–H groups in total. The smallest absolute Gasteiger partial charge is 0.252 e. The summed E-state index contributed by atoms with van der Waals surface area (Å²) in [5.41, 5.74) is 0.557. The van der Waals surface area contributed by atoms with E-state index in [1.807, 2.05) is 24.5 Å².